The maximum atomic E-state index is 12.3. The van der Waals surface area contributed by atoms with Crippen LogP contribution < -0.4 is 0 Å². The molecule has 1 saturated heterocycles. The second-order valence-corrected chi connectivity index (χ2v) is 7.32. The monoisotopic (exact) mass is 407 g/mol. The first-order valence-electron chi connectivity index (χ1n) is 8.72. The molecule has 0 amide bonds. The van der Waals surface area contributed by atoms with Crippen molar-refractivity contribution in [1.82, 2.24) is 4.90 Å². The van der Waals surface area contributed by atoms with Crippen LogP contribution in [0.15, 0.2) is 0 Å². The number of carbonyl (C=O) groups is 2. The predicted octanol–water partition coefficient (Wildman–Crippen LogP) is 2.69. The maximum Gasteiger partial charge on any atom is 0.350 e. The molecule has 1 heterocycles. The number of nitrogens with zero attached hydrogens (tertiary/aromatic N) is 1. The van der Waals surface area contributed by atoms with Crippen molar-refractivity contribution in [2.75, 3.05) is 31.6 Å². The number of carboxylic acids is 1. The van der Waals surface area contributed by atoms with Gasteiger partial charge in [-0.15, -0.1) is 0 Å². The van der Waals surface area contributed by atoms with E-state index in [2.05, 4.69) is 34.7 Å². The van der Waals surface area contributed by atoms with Crippen LogP contribution in [0.2, 0.25) is 0 Å². The van der Waals surface area contributed by atoms with Crippen LogP contribution in [0.3, 0.4) is 0 Å². The van der Waals surface area contributed by atoms with Crippen molar-refractivity contribution < 1.29 is 24.2 Å². The van der Waals surface area contributed by atoms with E-state index < -0.39 is 17.5 Å². The van der Waals surface area contributed by atoms with Gasteiger partial charge in [-0.25, -0.2) is 9.59 Å². The molecule has 1 unspecified atom stereocenters. The molecule has 6 nitrogen and oxygen atoms in total. The van der Waals surface area contributed by atoms with Gasteiger partial charge < -0.3 is 19.5 Å². The van der Waals surface area contributed by atoms with Crippen LogP contribution in [0.5, 0.6) is 0 Å². The molecule has 1 aliphatic heterocycles. The Hall–Kier alpha value is -0.660. The van der Waals surface area contributed by atoms with E-state index in [0.29, 0.717) is 17.8 Å². The van der Waals surface area contributed by atoms with Crippen molar-refractivity contribution in [3.63, 3.8) is 0 Å². The highest BCUT2D eigenvalue weighted by Crippen LogP contribution is 2.26. The standard InChI is InChI=1S/C17H30BrNO5/c1-4-23-16(22)17(15(20)21,8-5-9-18)24-12-14-6-10-19(11-7-14)13(2)3/h13-14H,4-12H2,1-3H3,(H,20,21). The highest BCUT2D eigenvalue weighted by atomic mass is 79.9. The van der Waals surface area contributed by atoms with E-state index in [4.69, 9.17) is 9.47 Å². The second-order valence-electron chi connectivity index (χ2n) is 6.53. The lowest BCUT2D eigenvalue weighted by molar-refractivity contribution is -0.190. The second kappa shape index (κ2) is 10.4. The molecular weight excluding hydrogens is 378 g/mol. The molecule has 1 N–H and O–H groups in total. The minimum Gasteiger partial charge on any atom is -0.479 e. The molecule has 0 spiro atoms. The van der Waals surface area contributed by atoms with E-state index >= 15 is 0 Å². The summed E-state index contributed by atoms with van der Waals surface area (Å²) in [4.78, 5) is 26.5. The number of rotatable bonds is 10. The molecule has 0 aliphatic carbocycles. The normalized spacial score (nSPS) is 19.2. The van der Waals surface area contributed by atoms with Crippen molar-refractivity contribution in [2.24, 2.45) is 5.92 Å². The minimum absolute atomic E-state index is 0.108. The van der Waals surface area contributed by atoms with Crippen molar-refractivity contribution in [3.05, 3.63) is 0 Å². The fourth-order valence-corrected chi connectivity index (χ4v) is 3.23. The Morgan fingerprint density at radius 1 is 1.33 bits per heavy atom. The number of likely N-dealkylation sites (tertiary alicyclic amines) is 1. The molecule has 0 aromatic heterocycles. The van der Waals surface area contributed by atoms with E-state index in [9.17, 15) is 14.7 Å². The van der Waals surface area contributed by atoms with Crippen LogP contribution in [0.25, 0.3) is 0 Å². The summed E-state index contributed by atoms with van der Waals surface area (Å²) < 4.78 is 10.7. The Kier molecular flexibility index (Phi) is 9.23. The van der Waals surface area contributed by atoms with Crippen LogP contribution in [0, 0.1) is 5.92 Å². The summed E-state index contributed by atoms with van der Waals surface area (Å²) >= 11 is 3.28. The molecule has 1 aliphatic rings. The zero-order valence-electron chi connectivity index (χ0n) is 14.9. The first kappa shape index (κ1) is 21.4. The van der Waals surface area contributed by atoms with Gasteiger partial charge in [-0.2, -0.15) is 0 Å². The van der Waals surface area contributed by atoms with E-state index in [1.807, 2.05) is 0 Å². The molecule has 0 radical (unpaired) electrons. The Morgan fingerprint density at radius 2 is 1.96 bits per heavy atom. The molecule has 0 aromatic carbocycles. The first-order valence-corrected chi connectivity index (χ1v) is 9.84. The highest BCUT2D eigenvalue weighted by molar-refractivity contribution is 9.09. The van der Waals surface area contributed by atoms with E-state index in [1.165, 1.54) is 0 Å². The van der Waals surface area contributed by atoms with Crippen molar-refractivity contribution >= 4 is 27.9 Å². The smallest absolute Gasteiger partial charge is 0.350 e. The average Bonchev–Trinajstić information content (AvgIpc) is 2.55. The summed E-state index contributed by atoms with van der Waals surface area (Å²) in [6.07, 6.45) is 2.54. The molecule has 140 valence electrons. The summed E-state index contributed by atoms with van der Waals surface area (Å²) in [7, 11) is 0. The summed E-state index contributed by atoms with van der Waals surface area (Å²) in [6, 6.07) is 0.517. The Labute approximate surface area is 153 Å². The number of hydrogen-bond acceptors (Lipinski definition) is 5. The van der Waals surface area contributed by atoms with Gasteiger partial charge in [0.15, 0.2) is 0 Å². The number of ether oxygens (including phenoxy) is 2. The lowest BCUT2D eigenvalue weighted by atomic mass is 9.94. The molecular formula is C17H30BrNO5. The molecule has 7 heteroatoms. The van der Waals surface area contributed by atoms with Gasteiger partial charge in [-0.3, -0.25) is 0 Å². The average molecular weight is 408 g/mol. The molecule has 1 rings (SSSR count). The van der Waals surface area contributed by atoms with Crippen molar-refractivity contribution in [2.45, 2.75) is 58.1 Å². The van der Waals surface area contributed by atoms with Crippen LogP contribution in [0.1, 0.15) is 46.5 Å². The number of carboxylic acid groups (broad SMARTS) is 1. The lowest BCUT2D eigenvalue weighted by Crippen LogP contribution is -2.51. The zero-order chi connectivity index (χ0) is 18.2. The van der Waals surface area contributed by atoms with Crippen molar-refractivity contribution in [3.8, 4) is 0 Å². The fourth-order valence-electron chi connectivity index (χ4n) is 2.95. The lowest BCUT2D eigenvalue weighted by Gasteiger charge is -2.36. The van der Waals surface area contributed by atoms with Gasteiger partial charge in [0.25, 0.3) is 5.60 Å². The molecule has 1 fully saturated rings. The molecule has 0 bridgehead atoms. The molecule has 24 heavy (non-hydrogen) atoms. The molecule has 0 aromatic rings. The highest BCUT2D eigenvalue weighted by Gasteiger charge is 2.49. The van der Waals surface area contributed by atoms with E-state index in [-0.39, 0.29) is 25.6 Å². The third kappa shape index (κ3) is 5.70. The summed E-state index contributed by atoms with van der Waals surface area (Å²) in [6.45, 7) is 8.38. The Morgan fingerprint density at radius 3 is 2.42 bits per heavy atom. The number of halogens is 1. The topological polar surface area (TPSA) is 76.1 Å². The molecule has 0 saturated carbocycles. The van der Waals surface area contributed by atoms with Gasteiger partial charge in [0, 0.05) is 11.4 Å². The summed E-state index contributed by atoms with van der Waals surface area (Å²) in [5.74, 6) is -1.78. The number of hydrogen-bond donors (Lipinski definition) is 1. The van der Waals surface area contributed by atoms with Gasteiger partial charge in [0.05, 0.1) is 13.2 Å². The minimum atomic E-state index is -1.89. The van der Waals surface area contributed by atoms with Gasteiger partial charge in [0.2, 0.25) is 0 Å². The van der Waals surface area contributed by atoms with Crippen LogP contribution in [-0.4, -0.2) is 65.2 Å². The van der Waals surface area contributed by atoms with Gasteiger partial charge in [0.1, 0.15) is 0 Å². The SMILES string of the molecule is CCOC(=O)C(CCCBr)(OCC1CCN(C(C)C)CC1)C(=O)O. The Bertz CT molecular complexity index is 410. The van der Waals surface area contributed by atoms with Gasteiger partial charge >= 0.3 is 11.9 Å². The molecule has 1 atom stereocenters. The third-order valence-electron chi connectivity index (χ3n) is 4.56. The zero-order valence-corrected chi connectivity index (χ0v) is 16.5. The summed E-state index contributed by atoms with van der Waals surface area (Å²) in [5.41, 5.74) is -1.89. The van der Waals surface area contributed by atoms with E-state index in [1.54, 1.807) is 6.92 Å². The number of alkyl halides is 1. The van der Waals surface area contributed by atoms with Crippen molar-refractivity contribution in [1.29, 1.82) is 0 Å². The number of piperidine rings is 1. The number of carbonyl (C=O) groups excluding carboxylic acids is 1. The largest absolute Gasteiger partial charge is 0.479 e. The third-order valence-corrected chi connectivity index (χ3v) is 5.12. The van der Waals surface area contributed by atoms with Crippen LogP contribution >= 0.6 is 15.9 Å². The summed E-state index contributed by atoms with van der Waals surface area (Å²) in [5, 5.41) is 10.3. The fraction of sp³-hybridized carbons (Fsp3) is 0.882. The number of aliphatic carboxylic acids is 1. The van der Waals surface area contributed by atoms with Gasteiger partial charge in [-0.1, -0.05) is 15.9 Å². The predicted molar refractivity (Wildman–Crippen MR) is 95.4 cm³/mol. The maximum absolute atomic E-state index is 12.3. The first-order chi connectivity index (χ1) is 11.4. The van der Waals surface area contributed by atoms with E-state index in [0.717, 1.165) is 25.9 Å². The Balaban J connectivity index is 2.71. The number of esters is 1. The van der Waals surface area contributed by atoms with Crippen LogP contribution in [0.4, 0.5) is 0 Å². The van der Waals surface area contributed by atoms with Gasteiger partial charge in [-0.05, 0) is 65.5 Å². The quantitative estimate of drug-likeness (QED) is 0.340. The van der Waals surface area contributed by atoms with Crippen LogP contribution in [-0.2, 0) is 19.1 Å².